The predicted molar refractivity (Wildman–Crippen MR) is 85.3 cm³/mol. The smallest absolute Gasteiger partial charge is 0.257 e. The zero-order valence-electron chi connectivity index (χ0n) is 12.2. The van der Waals surface area contributed by atoms with Gasteiger partial charge in [0.05, 0.1) is 10.0 Å². The minimum absolute atomic E-state index is 0.00784. The molecule has 22 heavy (non-hydrogen) atoms. The monoisotopic (exact) mass is 342 g/mol. The van der Waals surface area contributed by atoms with Gasteiger partial charge < -0.3 is 14.9 Å². The highest BCUT2D eigenvalue weighted by Gasteiger charge is 2.24. The van der Waals surface area contributed by atoms with Gasteiger partial charge in [-0.1, -0.05) is 41.3 Å². The first-order chi connectivity index (χ1) is 10.5. The van der Waals surface area contributed by atoms with Crippen LogP contribution in [-0.4, -0.2) is 29.3 Å². The fourth-order valence-electron chi connectivity index (χ4n) is 1.95. The Kier molecular flexibility index (Phi) is 5.45. The lowest BCUT2D eigenvalue weighted by atomic mass is 10.1. The van der Waals surface area contributed by atoms with Gasteiger partial charge in [-0.05, 0) is 25.0 Å². The Morgan fingerprint density at radius 3 is 2.64 bits per heavy atom. The molecule has 1 aromatic carbocycles. The van der Waals surface area contributed by atoms with Gasteiger partial charge in [-0.3, -0.25) is 4.79 Å². The van der Waals surface area contributed by atoms with Crippen molar-refractivity contribution in [3.63, 3.8) is 0 Å². The molecule has 2 rings (SSSR count). The number of aliphatic hydroxyl groups is 1. The number of hydrogen-bond acceptors (Lipinski definition) is 4. The van der Waals surface area contributed by atoms with E-state index < -0.39 is 0 Å². The van der Waals surface area contributed by atoms with Crippen LogP contribution in [0.5, 0.6) is 0 Å². The quantitative estimate of drug-likeness (QED) is 0.873. The molecule has 1 atom stereocenters. The Hall–Kier alpha value is -1.56. The summed E-state index contributed by atoms with van der Waals surface area (Å²) in [6, 6.07) is 5.05. The van der Waals surface area contributed by atoms with Crippen molar-refractivity contribution in [3.05, 3.63) is 39.6 Å². The highest BCUT2D eigenvalue weighted by molar-refractivity contribution is 6.39. The Balaban J connectivity index is 2.38. The minimum Gasteiger partial charge on any atom is -0.396 e. The van der Waals surface area contributed by atoms with Gasteiger partial charge in [-0.2, -0.15) is 0 Å². The van der Waals surface area contributed by atoms with Crippen molar-refractivity contribution in [2.45, 2.75) is 13.8 Å². The number of carbonyl (C=O) groups excluding carboxylic acids is 1. The number of nitrogens with one attached hydrogen (secondary N) is 1. The maximum Gasteiger partial charge on any atom is 0.257 e. The van der Waals surface area contributed by atoms with Crippen LogP contribution in [0.2, 0.25) is 10.0 Å². The van der Waals surface area contributed by atoms with Gasteiger partial charge in [0.25, 0.3) is 5.91 Å². The van der Waals surface area contributed by atoms with Gasteiger partial charge in [0.1, 0.15) is 17.0 Å². The van der Waals surface area contributed by atoms with Crippen LogP contribution in [0, 0.1) is 12.8 Å². The number of amides is 1. The van der Waals surface area contributed by atoms with Crippen molar-refractivity contribution in [3.8, 4) is 11.3 Å². The largest absolute Gasteiger partial charge is 0.396 e. The third kappa shape index (κ3) is 3.43. The second-order valence-electron chi connectivity index (χ2n) is 5.06. The molecule has 0 radical (unpaired) electrons. The first-order valence-electron chi connectivity index (χ1n) is 6.75. The molecule has 0 fully saturated rings. The molecular weight excluding hydrogens is 327 g/mol. The molecule has 1 aromatic heterocycles. The SMILES string of the molecule is Cc1onc(-c2c(Cl)cccc2Cl)c1C(=O)NCC(C)CO. The second-order valence-corrected chi connectivity index (χ2v) is 5.87. The van der Waals surface area contributed by atoms with Crippen LogP contribution in [0.15, 0.2) is 22.7 Å². The number of aryl methyl sites for hydroxylation is 1. The van der Waals surface area contributed by atoms with Crippen molar-refractivity contribution < 1.29 is 14.4 Å². The van der Waals surface area contributed by atoms with Crippen molar-refractivity contribution >= 4 is 29.1 Å². The van der Waals surface area contributed by atoms with Crippen molar-refractivity contribution in [1.82, 2.24) is 10.5 Å². The maximum absolute atomic E-state index is 12.4. The van der Waals surface area contributed by atoms with E-state index in [-0.39, 0.29) is 18.4 Å². The normalized spacial score (nSPS) is 12.2. The molecule has 0 spiro atoms. The van der Waals surface area contributed by atoms with Gasteiger partial charge in [0, 0.05) is 18.7 Å². The Morgan fingerprint density at radius 2 is 2.05 bits per heavy atom. The maximum atomic E-state index is 12.4. The molecule has 0 aliphatic carbocycles. The van der Waals surface area contributed by atoms with E-state index >= 15 is 0 Å². The van der Waals surface area contributed by atoms with Crippen LogP contribution in [0.4, 0.5) is 0 Å². The number of carbonyl (C=O) groups is 1. The lowest BCUT2D eigenvalue weighted by Gasteiger charge is -2.10. The molecule has 5 nitrogen and oxygen atoms in total. The van der Waals surface area contributed by atoms with Crippen LogP contribution in [0.25, 0.3) is 11.3 Å². The van der Waals surface area contributed by atoms with Gasteiger partial charge in [-0.25, -0.2) is 0 Å². The molecule has 118 valence electrons. The lowest BCUT2D eigenvalue weighted by Crippen LogP contribution is -2.30. The summed E-state index contributed by atoms with van der Waals surface area (Å²) < 4.78 is 5.14. The molecule has 1 unspecified atom stereocenters. The number of aliphatic hydroxyl groups excluding tert-OH is 1. The van der Waals surface area contributed by atoms with Crippen molar-refractivity contribution in [2.75, 3.05) is 13.2 Å². The van der Waals surface area contributed by atoms with Crippen LogP contribution in [-0.2, 0) is 0 Å². The molecule has 0 bridgehead atoms. The molecule has 0 saturated heterocycles. The Labute approximate surface area is 138 Å². The first-order valence-corrected chi connectivity index (χ1v) is 7.51. The summed E-state index contributed by atoms with van der Waals surface area (Å²) in [4.78, 5) is 12.4. The fraction of sp³-hybridized carbons (Fsp3) is 0.333. The predicted octanol–water partition coefficient (Wildman–Crippen LogP) is 3.32. The van der Waals surface area contributed by atoms with E-state index in [1.54, 1.807) is 25.1 Å². The van der Waals surface area contributed by atoms with Crippen LogP contribution in [0.3, 0.4) is 0 Å². The van der Waals surface area contributed by atoms with Gasteiger partial charge in [0.2, 0.25) is 0 Å². The molecular formula is C15H16Cl2N2O3. The van der Waals surface area contributed by atoms with Gasteiger partial charge >= 0.3 is 0 Å². The molecule has 0 aliphatic rings. The molecule has 0 aliphatic heterocycles. The van der Waals surface area contributed by atoms with Crippen LogP contribution >= 0.6 is 23.2 Å². The van der Waals surface area contributed by atoms with Gasteiger partial charge in [-0.15, -0.1) is 0 Å². The third-order valence-corrected chi connectivity index (χ3v) is 3.84. The lowest BCUT2D eigenvalue weighted by molar-refractivity contribution is 0.0941. The standard InChI is InChI=1S/C15H16Cl2N2O3/c1-8(7-20)6-18-15(21)12-9(2)22-19-14(12)13-10(16)4-3-5-11(13)17/h3-5,8,20H,6-7H2,1-2H3,(H,18,21). The number of halogens is 2. The number of aromatic nitrogens is 1. The summed E-state index contributed by atoms with van der Waals surface area (Å²) in [5.74, 6) is -0.0124. The summed E-state index contributed by atoms with van der Waals surface area (Å²) in [6.07, 6.45) is 0. The summed E-state index contributed by atoms with van der Waals surface area (Å²) in [6.45, 7) is 3.81. The van der Waals surface area contributed by atoms with E-state index in [0.29, 0.717) is 39.2 Å². The van der Waals surface area contributed by atoms with E-state index in [4.69, 9.17) is 32.8 Å². The van der Waals surface area contributed by atoms with Crippen LogP contribution in [0.1, 0.15) is 23.0 Å². The summed E-state index contributed by atoms with van der Waals surface area (Å²) >= 11 is 12.3. The average molecular weight is 343 g/mol. The van der Waals surface area contributed by atoms with E-state index in [9.17, 15) is 4.79 Å². The van der Waals surface area contributed by atoms with Crippen LogP contribution < -0.4 is 5.32 Å². The zero-order chi connectivity index (χ0) is 16.3. The second kappa shape index (κ2) is 7.13. The number of rotatable bonds is 5. The summed E-state index contributed by atoms with van der Waals surface area (Å²) in [5, 5.41) is 16.5. The Morgan fingerprint density at radius 1 is 1.41 bits per heavy atom. The summed E-state index contributed by atoms with van der Waals surface area (Å²) in [5.41, 5.74) is 1.06. The highest BCUT2D eigenvalue weighted by Crippen LogP contribution is 2.36. The minimum atomic E-state index is -0.343. The molecule has 2 N–H and O–H groups in total. The van der Waals surface area contributed by atoms with E-state index in [1.165, 1.54) is 0 Å². The average Bonchev–Trinajstić information content (AvgIpc) is 2.86. The molecule has 0 saturated carbocycles. The van der Waals surface area contributed by atoms with Crippen molar-refractivity contribution in [1.29, 1.82) is 0 Å². The molecule has 7 heteroatoms. The molecule has 2 aromatic rings. The molecule has 1 amide bonds. The number of hydrogen-bond donors (Lipinski definition) is 2. The highest BCUT2D eigenvalue weighted by atomic mass is 35.5. The Bertz CT molecular complexity index is 665. The number of nitrogens with zero attached hydrogens (tertiary/aromatic N) is 1. The number of benzene rings is 1. The van der Waals surface area contributed by atoms with Gasteiger partial charge in [0.15, 0.2) is 0 Å². The van der Waals surface area contributed by atoms with E-state index in [1.807, 2.05) is 6.92 Å². The first kappa shape index (κ1) is 16.8. The van der Waals surface area contributed by atoms with E-state index in [2.05, 4.69) is 10.5 Å². The summed E-state index contributed by atoms with van der Waals surface area (Å²) in [7, 11) is 0. The zero-order valence-corrected chi connectivity index (χ0v) is 13.7. The fourth-order valence-corrected chi connectivity index (χ4v) is 2.53. The van der Waals surface area contributed by atoms with E-state index in [0.717, 1.165) is 0 Å². The topological polar surface area (TPSA) is 75.4 Å². The third-order valence-electron chi connectivity index (χ3n) is 3.21. The van der Waals surface area contributed by atoms with Crippen molar-refractivity contribution in [2.24, 2.45) is 5.92 Å². The molecule has 1 heterocycles.